The van der Waals surface area contributed by atoms with Crippen molar-refractivity contribution in [2.45, 2.75) is 45.2 Å². The zero-order valence-corrected chi connectivity index (χ0v) is 24.0. The maximum atomic E-state index is 13.8. The third kappa shape index (κ3) is 7.80. The molecule has 0 aliphatic rings. The van der Waals surface area contributed by atoms with Crippen molar-refractivity contribution in [3.8, 4) is 0 Å². The van der Waals surface area contributed by atoms with E-state index < -0.39 is 34.3 Å². The fourth-order valence-corrected chi connectivity index (χ4v) is 5.55. The summed E-state index contributed by atoms with van der Waals surface area (Å²) in [5.41, 5.74) is 1.59. The van der Waals surface area contributed by atoms with Crippen LogP contribution in [0.5, 0.6) is 0 Å². The first-order valence-corrected chi connectivity index (χ1v) is 14.4. The van der Waals surface area contributed by atoms with Crippen LogP contribution in [-0.2, 0) is 26.2 Å². The standard InChI is InChI=1S/C29H33ClFN3O4S/c1-20(2)17-32-29(36)22(4)33(18-23-11-13-24(31)14-12-23)28(35)19-34(27-8-6-5-7-26(27)30)39(37,38)25-15-9-21(3)10-16-25/h5-16,20,22H,17-19H2,1-4H3,(H,32,36). The summed E-state index contributed by atoms with van der Waals surface area (Å²) < 4.78 is 42.1. The number of carbonyl (C=O) groups excluding carboxylic acids is 2. The second kappa shape index (κ2) is 13.1. The molecule has 0 heterocycles. The first-order chi connectivity index (χ1) is 18.4. The minimum absolute atomic E-state index is 0.00590. The van der Waals surface area contributed by atoms with Crippen molar-refractivity contribution >= 4 is 39.1 Å². The Kier molecular flexibility index (Phi) is 10.1. The molecule has 0 bridgehead atoms. The van der Waals surface area contributed by atoms with Gasteiger partial charge in [0.05, 0.1) is 15.6 Å². The van der Waals surface area contributed by atoms with Crippen molar-refractivity contribution in [2.24, 2.45) is 5.92 Å². The van der Waals surface area contributed by atoms with E-state index in [0.29, 0.717) is 12.1 Å². The van der Waals surface area contributed by atoms with E-state index in [0.717, 1.165) is 9.87 Å². The smallest absolute Gasteiger partial charge is 0.264 e. The molecular weight excluding hydrogens is 541 g/mol. The Morgan fingerprint density at radius 2 is 1.56 bits per heavy atom. The monoisotopic (exact) mass is 573 g/mol. The molecule has 2 amide bonds. The van der Waals surface area contributed by atoms with E-state index in [1.54, 1.807) is 31.2 Å². The molecule has 3 aromatic rings. The van der Waals surface area contributed by atoms with Crippen LogP contribution in [0.4, 0.5) is 10.1 Å². The molecule has 39 heavy (non-hydrogen) atoms. The SMILES string of the molecule is Cc1ccc(S(=O)(=O)N(CC(=O)N(Cc2ccc(F)cc2)C(C)C(=O)NCC(C)C)c2ccccc2Cl)cc1. The van der Waals surface area contributed by atoms with E-state index in [4.69, 9.17) is 11.6 Å². The molecule has 3 aromatic carbocycles. The molecule has 0 aromatic heterocycles. The number of hydrogen-bond donors (Lipinski definition) is 1. The van der Waals surface area contributed by atoms with Crippen LogP contribution in [0.2, 0.25) is 5.02 Å². The van der Waals surface area contributed by atoms with Crippen LogP contribution in [0, 0.1) is 18.7 Å². The van der Waals surface area contributed by atoms with Crippen molar-refractivity contribution in [1.29, 1.82) is 0 Å². The highest BCUT2D eigenvalue weighted by Crippen LogP contribution is 2.31. The minimum atomic E-state index is -4.22. The molecule has 0 aliphatic heterocycles. The molecular formula is C29H33ClFN3O4S. The highest BCUT2D eigenvalue weighted by Gasteiger charge is 2.33. The van der Waals surface area contributed by atoms with Crippen molar-refractivity contribution in [3.05, 3.63) is 94.8 Å². The van der Waals surface area contributed by atoms with Gasteiger partial charge in [-0.1, -0.05) is 67.4 Å². The van der Waals surface area contributed by atoms with Crippen molar-refractivity contribution < 1.29 is 22.4 Å². The van der Waals surface area contributed by atoms with Gasteiger partial charge in [-0.05, 0) is 61.7 Å². The van der Waals surface area contributed by atoms with Gasteiger partial charge in [0.25, 0.3) is 10.0 Å². The van der Waals surface area contributed by atoms with Gasteiger partial charge in [-0.3, -0.25) is 13.9 Å². The lowest BCUT2D eigenvalue weighted by molar-refractivity contribution is -0.139. The lowest BCUT2D eigenvalue weighted by Crippen LogP contribution is -2.51. The molecule has 0 saturated carbocycles. The van der Waals surface area contributed by atoms with Crippen LogP contribution >= 0.6 is 11.6 Å². The molecule has 1 unspecified atom stereocenters. The molecule has 1 atom stereocenters. The van der Waals surface area contributed by atoms with Crippen molar-refractivity contribution in [3.63, 3.8) is 0 Å². The van der Waals surface area contributed by atoms with Crippen LogP contribution in [0.25, 0.3) is 0 Å². The predicted octanol–water partition coefficient (Wildman–Crippen LogP) is 5.17. The Morgan fingerprint density at radius 1 is 0.949 bits per heavy atom. The van der Waals surface area contributed by atoms with Crippen LogP contribution in [0.1, 0.15) is 31.9 Å². The molecule has 3 rings (SSSR count). The molecule has 10 heteroatoms. The number of aryl methyl sites for hydroxylation is 1. The number of nitrogens with one attached hydrogen (secondary N) is 1. The fraction of sp³-hybridized carbons (Fsp3) is 0.310. The number of benzene rings is 3. The topological polar surface area (TPSA) is 86.8 Å². The Balaban J connectivity index is 2.02. The second-order valence-electron chi connectivity index (χ2n) is 9.74. The van der Waals surface area contributed by atoms with Crippen molar-refractivity contribution in [2.75, 3.05) is 17.4 Å². The summed E-state index contributed by atoms with van der Waals surface area (Å²) >= 11 is 6.40. The van der Waals surface area contributed by atoms with E-state index in [1.807, 2.05) is 20.8 Å². The average Bonchev–Trinajstić information content (AvgIpc) is 2.90. The lowest BCUT2D eigenvalue weighted by atomic mass is 10.1. The second-order valence-corrected chi connectivity index (χ2v) is 12.0. The number of para-hydroxylation sites is 1. The largest absolute Gasteiger partial charge is 0.354 e. The zero-order valence-electron chi connectivity index (χ0n) is 22.4. The van der Waals surface area contributed by atoms with Crippen LogP contribution in [0.3, 0.4) is 0 Å². The van der Waals surface area contributed by atoms with E-state index in [1.165, 1.54) is 53.4 Å². The molecule has 0 aliphatic carbocycles. The number of rotatable bonds is 11. The summed E-state index contributed by atoms with van der Waals surface area (Å²) in [5.74, 6) is -1.25. The van der Waals surface area contributed by atoms with Gasteiger partial charge in [0.15, 0.2) is 0 Å². The molecule has 0 fully saturated rings. The van der Waals surface area contributed by atoms with E-state index in [2.05, 4.69) is 5.32 Å². The summed E-state index contributed by atoms with van der Waals surface area (Å²) in [6.07, 6.45) is 0. The third-order valence-electron chi connectivity index (χ3n) is 6.13. The van der Waals surface area contributed by atoms with Crippen LogP contribution in [-0.4, -0.2) is 44.3 Å². The normalized spacial score (nSPS) is 12.2. The van der Waals surface area contributed by atoms with Gasteiger partial charge in [-0.25, -0.2) is 12.8 Å². The number of halogens is 2. The van der Waals surface area contributed by atoms with Gasteiger partial charge in [0, 0.05) is 13.1 Å². The van der Waals surface area contributed by atoms with E-state index in [-0.39, 0.29) is 34.0 Å². The lowest BCUT2D eigenvalue weighted by Gasteiger charge is -2.32. The fourth-order valence-electron chi connectivity index (χ4n) is 3.83. The average molecular weight is 574 g/mol. The summed E-state index contributed by atoms with van der Waals surface area (Å²) in [5, 5.41) is 2.97. The summed E-state index contributed by atoms with van der Waals surface area (Å²) in [4.78, 5) is 28.1. The third-order valence-corrected chi connectivity index (χ3v) is 8.22. The molecule has 7 nitrogen and oxygen atoms in total. The Bertz CT molecular complexity index is 1400. The Labute approximate surface area is 234 Å². The van der Waals surface area contributed by atoms with Crippen molar-refractivity contribution in [1.82, 2.24) is 10.2 Å². The Morgan fingerprint density at radius 3 is 2.15 bits per heavy atom. The van der Waals surface area contributed by atoms with Gasteiger partial charge in [0.2, 0.25) is 11.8 Å². The highest BCUT2D eigenvalue weighted by atomic mass is 35.5. The molecule has 0 radical (unpaired) electrons. The zero-order chi connectivity index (χ0) is 28.7. The maximum absolute atomic E-state index is 13.8. The molecule has 1 N–H and O–H groups in total. The van der Waals surface area contributed by atoms with Gasteiger partial charge < -0.3 is 10.2 Å². The van der Waals surface area contributed by atoms with Crippen LogP contribution < -0.4 is 9.62 Å². The quantitative estimate of drug-likeness (QED) is 0.343. The summed E-state index contributed by atoms with van der Waals surface area (Å²) in [7, 11) is -4.22. The maximum Gasteiger partial charge on any atom is 0.264 e. The number of hydrogen-bond acceptors (Lipinski definition) is 4. The molecule has 0 saturated heterocycles. The summed E-state index contributed by atoms with van der Waals surface area (Å²) in [6.45, 7) is 7.08. The Hall–Kier alpha value is -3.43. The van der Waals surface area contributed by atoms with Gasteiger partial charge in [-0.2, -0.15) is 0 Å². The predicted molar refractivity (Wildman–Crippen MR) is 151 cm³/mol. The van der Waals surface area contributed by atoms with E-state index >= 15 is 0 Å². The molecule has 0 spiro atoms. The highest BCUT2D eigenvalue weighted by molar-refractivity contribution is 7.92. The first-order valence-electron chi connectivity index (χ1n) is 12.6. The van der Waals surface area contributed by atoms with E-state index in [9.17, 15) is 22.4 Å². The minimum Gasteiger partial charge on any atom is -0.354 e. The number of carbonyl (C=O) groups is 2. The number of sulfonamides is 1. The summed E-state index contributed by atoms with van der Waals surface area (Å²) in [6, 6.07) is 17.2. The van der Waals surface area contributed by atoms with Gasteiger partial charge in [0.1, 0.15) is 18.4 Å². The molecule has 208 valence electrons. The number of amides is 2. The number of anilines is 1. The van der Waals surface area contributed by atoms with Gasteiger partial charge >= 0.3 is 0 Å². The first kappa shape index (κ1) is 30.1. The van der Waals surface area contributed by atoms with Gasteiger partial charge in [-0.15, -0.1) is 0 Å². The van der Waals surface area contributed by atoms with Crippen LogP contribution in [0.15, 0.2) is 77.7 Å². The number of nitrogens with zero attached hydrogens (tertiary/aromatic N) is 2.